The predicted octanol–water partition coefficient (Wildman–Crippen LogP) is 1.76. The summed E-state index contributed by atoms with van der Waals surface area (Å²) in [5.74, 6) is 0.0630. The molecule has 0 bridgehead atoms. The number of halogens is 3. The lowest BCUT2D eigenvalue weighted by Gasteiger charge is -2.06. The van der Waals surface area contributed by atoms with Gasteiger partial charge in [0, 0.05) is 12.4 Å². The maximum absolute atomic E-state index is 12.5. The van der Waals surface area contributed by atoms with Gasteiger partial charge in [-0.3, -0.25) is 4.40 Å². The molecule has 0 atom stereocenters. The van der Waals surface area contributed by atoms with Crippen LogP contribution in [0, 0.1) is 0 Å². The molecule has 2 heterocycles. The third-order valence-corrected chi connectivity index (χ3v) is 1.88. The fourth-order valence-corrected chi connectivity index (χ4v) is 1.25. The SMILES string of the molecule is COc1nccn2c(C(F)(F)F)cnc12. The van der Waals surface area contributed by atoms with E-state index in [-0.39, 0.29) is 11.5 Å². The van der Waals surface area contributed by atoms with Crippen LogP contribution >= 0.6 is 0 Å². The summed E-state index contributed by atoms with van der Waals surface area (Å²) < 4.78 is 43.1. The summed E-state index contributed by atoms with van der Waals surface area (Å²) in [7, 11) is 1.32. The molecule has 15 heavy (non-hydrogen) atoms. The van der Waals surface area contributed by atoms with E-state index in [9.17, 15) is 13.2 Å². The third-order valence-electron chi connectivity index (χ3n) is 1.88. The van der Waals surface area contributed by atoms with Crippen LogP contribution in [0.15, 0.2) is 18.6 Å². The highest BCUT2D eigenvalue weighted by Gasteiger charge is 2.34. The van der Waals surface area contributed by atoms with Crippen molar-refractivity contribution in [3.63, 3.8) is 0 Å². The highest BCUT2D eigenvalue weighted by atomic mass is 19.4. The van der Waals surface area contributed by atoms with E-state index in [0.717, 1.165) is 10.6 Å². The number of nitrogens with zero attached hydrogens (tertiary/aromatic N) is 3. The lowest BCUT2D eigenvalue weighted by atomic mass is 10.4. The van der Waals surface area contributed by atoms with Gasteiger partial charge in [0.15, 0.2) is 0 Å². The van der Waals surface area contributed by atoms with E-state index < -0.39 is 11.9 Å². The lowest BCUT2D eigenvalue weighted by molar-refractivity contribution is -0.141. The molecule has 0 amide bonds. The Kier molecular flexibility index (Phi) is 2.02. The van der Waals surface area contributed by atoms with Crippen molar-refractivity contribution < 1.29 is 17.9 Å². The predicted molar refractivity (Wildman–Crippen MR) is 44.5 cm³/mol. The molecule has 4 nitrogen and oxygen atoms in total. The normalized spacial score (nSPS) is 12.0. The molecule has 0 fully saturated rings. The van der Waals surface area contributed by atoms with Gasteiger partial charge >= 0.3 is 6.18 Å². The van der Waals surface area contributed by atoms with E-state index in [1.54, 1.807) is 0 Å². The summed E-state index contributed by atoms with van der Waals surface area (Å²) in [6.07, 6.45) is -1.28. The first-order valence-corrected chi connectivity index (χ1v) is 3.97. The number of ether oxygens (including phenoxy) is 1. The molecular weight excluding hydrogens is 211 g/mol. The molecule has 0 radical (unpaired) electrons. The first kappa shape index (κ1) is 9.75. The zero-order valence-electron chi connectivity index (χ0n) is 7.62. The highest BCUT2D eigenvalue weighted by Crippen LogP contribution is 2.30. The lowest BCUT2D eigenvalue weighted by Crippen LogP contribution is -2.08. The summed E-state index contributed by atoms with van der Waals surface area (Å²) in [4.78, 5) is 7.36. The number of hydrogen-bond acceptors (Lipinski definition) is 3. The minimum atomic E-state index is -4.44. The van der Waals surface area contributed by atoms with E-state index in [1.807, 2.05) is 0 Å². The van der Waals surface area contributed by atoms with E-state index in [1.165, 1.54) is 19.5 Å². The Labute approximate surface area is 82.3 Å². The van der Waals surface area contributed by atoms with E-state index >= 15 is 0 Å². The highest BCUT2D eigenvalue weighted by molar-refractivity contribution is 5.50. The van der Waals surface area contributed by atoms with Crippen molar-refractivity contribution in [2.45, 2.75) is 6.18 Å². The molecule has 0 aliphatic rings. The van der Waals surface area contributed by atoms with Crippen LogP contribution in [0.1, 0.15) is 5.69 Å². The molecule has 0 aromatic carbocycles. The van der Waals surface area contributed by atoms with Crippen molar-refractivity contribution in [3.05, 3.63) is 24.3 Å². The Balaban J connectivity index is 2.72. The Morgan fingerprint density at radius 1 is 1.33 bits per heavy atom. The average molecular weight is 217 g/mol. The van der Waals surface area contributed by atoms with Crippen molar-refractivity contribution in [2.75, 3.05) is 7.11 Å². The molecule has 0 unspecified atom stereocenters. The van der Waals surface area contributed by atoms with E-state index in [0.29, 0.717) is 0 Å². The molecule has 0 aliphatic carbocycles. The van der Waals surface area contributed by atoms with Crippen LogP contribution in [0.5, 0.6) is 5.88 Å². The number of alkyl halides is 3. The summed E-state index contributed by atoms with van der Waals surface area (Å²) in [5.41, 5.74) is -0.800. The largest absolute Gasteiger partial charge is 0.478 e. The Bertz CT molecular complexity index is 491. The average Bonchev–Trinajstić information content (AvgIpc) is 2.59. The molecule has 7 heteroatoms. The Hall–Kier alpha value is -1.79. The standard InChI is InChI=1S/C8H6F3N3O/c1-15-7-6-13-4-5(8(9,10)11)14(6)3-2-12-7/h2-4H,1H3. The van der Waals surface area contributed by atoms with Gasteiger partial charge in [0.05, 0.1) is 13.3 Å². The van der Waals surface area contributed by atoms with Crippen molar-refractivity contribution in [1.82, 2.24) is 14.4 Å². The number of imidazole rings is 1. The van der Waals surface area contributed by atoms with Crippen molar-refractivity contribution >= 4 is 5.65 Å². The molecule has 0 saturated carbocycles. The second-order valence-corrected chi connectivity index (χ2v) is 2.77. The van der Waals surface area contributed by atoms with Gasteiger partial charge in [0.25, 0.3) is 5.88 Å². The monoisotopic (exact) mass is 217 g/mol. The number of fused-ring (bicyclic) bond motifs is 1. The zero-order chi connectivity index (χ0) is 11.1. The maximum Gasteiger partial charge on any atom is 0.433 e. The van der Waals surface area contributed by atoms with Gasteiger partial charge in [0.2, 0.25) is 5.65 Å². The summed E-state index contributed by atoms with van der Waals surface area (Å²) >= 11 is 0. The first-order valence-electron chi connectivity index (χ1n) is 3.97. The molecule has 2 rings (SSSR count). The molecule has 0 spiro atoms. The molecular formula is C8H6F3N3O. The fraction of sp³-hybridized carbons (Fsp3) is 0.250. The van der Waals surface area contributed by atoms with Crippen LogP contribution in [0.25, 0.3) is 5.65 Å². The minimum absolute atomic E-state index is 0.0484. The van der Waals surface area contributed by atoms with Gasteiger partial charge in [-0.1, -0.05) is 0 Å². The first-order chi connectivity index (χ1) is 7.04. The molecule has 2 aromatic heterocycles. The van der Waals surface area contributed by atoms with Crippen LogP contribution in [0.3, 0.4) is 0 Å². The molecule has 0 aliphatic heterocycles. The minimum Gasteiger partial charge on any atom is -0.478 e. The van der Waals surface area contributed by atoms with Crippen LogP contribution in [-0.4, -0.2) is 21.5 Å². The van der Waals surface area contributed by atoms with Gasteiger partial charge in [-0.05, 0) is 0 Å². The van der Waals surface area contributed by atoms with Crippen LogP contribution in [0.4, 0.5) is 13.2 Å². The maximum atomic E-state index is 12.5. The van der Waals surface area contributed by atoms with Gasteiger partial charge in [-0.15, -0.1) is 0 Å². The fourth-order valence-electron chi connectivity index (χ4n) is 1.25. The van der Waals surface area contributed by atoms with E-state index in [2.05, 4.69) is 9.97 Å². The number of hydrogen-bond donors (Lipinski definition) is 0. The summed E-state index contributed by atoms with van der Waals surface area (Å²) in [6.45, 7) is 0. The quantitative estimate of drug-likeness (QED) is 0.730. The van der Waals surface area contributed by atoms with Gasteiger partial charge in [-0.25, -0.2) is 9.97 Å². The van der Waals surface area contributed by atoms with Gasteiger partial charge in [-0.2, -0.15) is 13.2 Å². The summed E-state index contributed by atoms with van der Waals surface area (Å²) in [5, 5.41) is 0. The van der Waals surface area contributed by atoms with Gasteiger partial charge in [0.1, 0.15) is 5.69 Å². The summed E-state index contributed by atoms with van der Waals surface area (Å²) in [6, 6.07) is 0. The Morgan fingerprint density at radius 3 is 2.67 bits per heavy atom. The third kappa shape index (κ3) is 1.49. The topological polar surface area (TPSA) is 39.4 Å². The van der Waals surface area contributed by atoms with Crippen molar-refractivity contribution in [3.8, 4) is 5.88 Å². The van der Waals surface area contributed by atoms with Crippen LogP contribution in [-0.2, 0) is 6.18 Å². The molecule has 2 aromatic rings. The second-order valence-electron chi connectivity index (χ2n) is 2.77. The molecule has 80 valence electrons. The van der Waals surface area contributed by atoms with Crippen molar-refractivity contribution in [2.24, 2.45) is 0 Å². The number of methoxy groups -OCH3 is 1. The Morgan fingerprint density at radius 2 is 2.07 bits per heavy atom. The van der Waals surface area contributed by atoms with E-state index in [4.69, 9.17) is 4.74 Å². The van der Waals surface area contributed by atoms with Crippen LogP contribution < -0.4 is 4.74 Å². The number of aromatic nitrogens is 3. The molecule has 0 saturated heterocycles. The van der Waals surface area contributed by atoms with Crippen molar-refractivity contribution in [1.29, 1.82) is 0 Å². The molecule has 0 N–H and O–H groups in total. The number of rotatable bonds is 1. The van der Waals surface area contributed by atoms with Crippen LogP contribution in [0.2, 0.25) is 0 Å². The zero-order valence-corrected chi connectivity index (χ0v) is 7.62. The smallest absolute Gasteiger partial charge is 0.433 e. The van der Waals surface area contributed by atoms with Gasteiger partial charge < -0.3 is 4.74 Å². The second kappa shape index (κ2) is 3.11.